The molecule has 0 bridgehead atoms. The minimum absolute atomic E-state index is 0.643. The average molecular weight is 262 g/mol. The molecule has 1 aromatic carbocycles. The molecule has 3 rings (SSSR count). The summed E-state index contributed by atoms with van der Waals surface area (Å²) in [5.41, 5.74) is 9.52. The minimum Gasteiger partial charge on any atom is -0.495 e. The fourth-order valence-corrected chi connectivity index (χ4v) is 3.22. The van der Waals surface area contributed by atoms with Gasteiger partial charge in [0.05, 0.1) is 26.0 Å². The van der Waals surface area contributed by atoms with E-state index in [1.807, 2.05) is 0 Å². The molecule has 2 N–H and O–H groups in total. The monoisotopic (exact) mass is 262 g/mol. The molecular weight excluding hydrogens is 240 g/mol. The summed E-state index contributed by atoms with van der Waals surface area (Å²) in [5.74, 6) is 0.807. The van der Waals surface area contributed by atoms with Crippen molar-refractivity contribution < 1.29 is 9.47 Å². The van der Waals surface area contributed by atoms with Crippen LogP contribution in [0.2, 0.25) is 0 Å². The third-order valence-corrected chi connectivity index (χ3v) is 4.32. The third kappa shape index (κ3) is 2.55. The van der Waals surface area contributed by atoms with Crippen LogP contribution in [0.25, 0.3) is 0 Å². The minimum atomic E-state index is 0.643. The van der Waals surface area contributed by atoms with E-state index in [2.05, 4.69) is 17.0 Å². The van der Waals surface area contributed by atoms with E-state index < -0.39 is 0 Å². The summed E-state index contributed by atoms with van der Waals surface area (Å²) in [6.45, 7) is 3.86. The largest absolute Gasteiger partial charge is 0.495 e. The van der Waals surface area contributed by atoms with Gasteiger partial charge in [-0.05, 0) is 42.5 Å². The van der Waals surface area contributed by atoms with Crippen LogP contribution < -0.4 is 10.5 Å². The average Bonchev–Trinajstić information content (AvgIpc) is 2.47. The van der Waals surface area contributed by atoms with Gasteiger partial charge in [0.1, 0.15) is 5.75 Å². The Bertz CT molecular complexity index is 456. The number of hydrogen-bond acceptors (Lipinski definition) is 4. The van der Waals surface area contributed by atoms with Crippen molar-refractivity contribution in [3.63, 3.8) is 0 Å². The van der Waals surface area contributed by atoms with Crippen LogP contribution in [0.5, 0.6) is 5.75 Å². The molecular formula is C15H22N2O2. The predicted octanol–water partition coefficient (Wildman–Crippen LogP) is 1.47. The van der Waals surface area contributed by atoms with Crippen LogP contribution in [0.1, 0.15) is 17.5 Å². The van der Waals surface area contributed by atoms with E-state index in [0.717, 1.165) is 50.6 Å². The van der Waals surface area contributed by atoms with Crippen LogP contribution in [0.3, 0.4) is 0 Å². The molecule has 1 aliphatic heterocycles. The Kier molecular flexibility index (Phi) is 3.62. The number of benzene rings is 1. The summed E-state index contributed by atoms with van der Waals surface area (Å²) in [7, 11) is 1.68. The lowest BCUT2D eigenvalue weighted by Gasteiger charge is -2.37. The highest BCUT2D eigenvalue weighted by Crippen LogP contribution is 2.32. The first-order valence-corrected chi connectivity index (χ1v) is 7.05. The Morgan fingerprint density at radius 3 is 2.79 bits per heavy atom. The number of nitrogens with zero attached hydrogens (tertiary/aromatic N) is 1. The maximum Gasteiger partial charge on any atom is 0.142 e. The normalized spacial score (nSPS) is 23.9. The molecule has 4 heteroatoms. The number of aryl methyl sites for hydroxylation is 1. The Labute approximate surface area is 114 Å². The Morgan fingerprint density at radius 1 is 1.26 bits per heavy atom. The van der Waals surface area contributed by atoms with Crippen LogP contribution in [-0.4, -0.2) is 44.4 Å². The van der Waals surface area contributed by atoms with Crippen molar-refractivity contribution in [3.8, 4) is 5.75 Å². The topological polar surface area (TPSA) is 47.7 Å². The molecule has 104 valence electrons. The highest BCUT2D eigenvalue weighted by Gasteiger charge is 2.26. The molecule has 1 heterocycles. The lowest BCUT2D eigenvalue weighted by Crippen LogP contribution is -2.45. The molecule has 4 nitrogen and oxygen atoms in total. The van der Waals surface area contributed by atoms with Crippen LogP contribution in [-0.2, 0) is 17.6 Å². The maximum absolute atomic E-state index is 5.98. The second-order valence-corrected chi connectivity index (χ2v) is 5.41. The molecule has 1 aliphatic carbocycles. The molecule has 1 aromatic rings. The zero-order valence-corrected chi connectivity index (χ0v) is 11.5. The van der Waals surface area contributed by atoms with Gasteiger partial charge < -0.3 is 15.2 Å². The molecule has 0 saturated carbocycles. The molecule has 19 heavy (non-hydrogen) atoms. The SMILES string of the molecule is COc1cc2c(cc1N)CCC(N1CCOCC1)C2. The van der Waals surface area contributed by atoms with E-state index in [9.17, 15) is 0 Å². The van der Waals surface area contributed by atoms with E-state index in [1.165, 1.54) is 17.5 Å². The Balaban J connectivity index is 1.78. The standard InChI is InChI=1S/C15H22N2O2/c1-18-15-10-12-8-13(17-4-6-19-7-5-17)3-2-11(12)9-14(15)16/h9-10,13H,2-8,16H2,1H3. The second kappa shape index (κ2) is 5.39. The summed E-state index contributed by atoms with van der Waals surface area (Å²) in [6, 6.07) is 4.85. The van der Waals surface area contributed by atoms with Gasteiger partial charge in [-0.2, -0.15) is 0 Å². The van der Waals surface area contributed by atoms with Crippen LogP contribution >= 0.6 is 0 Å². The quantitative estimate of drug-likeness (QED) is 0.820. The molecule has 1 saturated heterocycles. The molecule has 1 fully saturated rings. The summed E-state index contributed by atoms with van der Waals surface area (Å²) in [5, 5.41) is 0. The molecule has 0 spiro atoms. The lowest BCUT2D eigenvalue weighted by atomic mass is 9.86. The molecule has 1 unspecified atom stereocenters. The molecule has 0 aromatic heterocycles. The Hall–Kier alpha value is -1.26. The van der Waals surface area contributed by atoms with Crippen LogP contribution in [0.4, 0.5) is 5.69 Å². The van der Waals surface area contributed by atoms with Gasteiger partial charge in [0.2, 0.25) is 0 Å². The number of fused-ring (bicyclic) bond motifs is 1. The van der Waals surface area contributed by atoms with Crippen molar-refractivity contribution in [1.29, 1.82) is 0 Å². The number of methoxy groups -OCH3 is 1. The smallest absolute Gasteiger partial charge is 0.142 e. The summed E-state index contributed by atoms with van der Waals surface area (Å²) >= 11 is 0. The lowest BCUT2D eigenvalue weighted by molar-refractivity contribution is 0.0137. The van der Waals surface area contributed by atoms with Gasteiger partial charge in [0.15, 0.2) is 0 Å². The fourth-order valence-electron chi connectivity index (χ4n) is 3.22. The number of hydrogen-bond donors (Lipinski definition) is 1. The number of rotatable bonds is 2. The number of morpholine rings is 1. The predicted molar refractivity (Wildman–Crippen MR) is 75.6 cm³/mol. The van der Waals surface area contributed by atoms with Crippen molar-refractivity contribution in [2.45, 2.75) is 25.3 Å². The zero-order valence-electron chi connectivity index (χ0n) is 11.5. The second-order valence-electron chi connectivity index (χ2n) is 5.41. The highest BCUT2D eigenvalue weighted by atomic mass is 16.5. The van der Waals surface area contributed by atoms with Crippen molar-refractivity contribution in [3.05, 3.63) is 23.3 Å². The molecule has 0 amide bonds. The fraction of sp³-hybridized carbons (Fsp3) is 0.600. The van der Waals surface area contributed by atoms with Gasteiger partial charge in [-0.1, -0.05) is 0 Å². The number of ether oxygens (including phenoxy) is 2. The maximum atomic E-state index is 5.98. The van der Waals surface area contributed by atoms with Crippen molar-refractivity contribution >= 4 is 5.69 Å². The molecule has 1 atom stereocenters. The van der Waals surface area contributed by atoms with Gasteiger partial charge >= 0.3 is 0 Å². The Morgan fingerprint density at radius 2 is 2.05 bits per heavy atom. The number of nitrogen functional groups attached to an aromatic ring is 1. The van der Waals surface area contributed by atoms with Crippen molar-refractivity contribution in [2.24, 2.45) is 0 Å². The van der Waals surface area contributed by atoms with Crippen LogP contribution in [0, 0.1) is 0 Å². The summed E-state index contributed by atoms with van der Waals surface area (Å²) < 4.78 is 10.8. The van der Waals surface area contributed by atoms with E-state index in [1.54, 1.807) is 7.11 Å². The van der Waals surface area contributed by atoms with Crippen LogP contribution in [0.15, 0.2) is 12.1 Å². The first kappa shape index (κ1) is 12.8. The van der Waals surface area contributed by atoms with Crippen molar-refractivity contribution in [1.82, 2.24) is 4.90 Å². The zero-order chi connectivity index (χ0) is 13.2. The van der Waals surface area contributed by atoms with Gasteiger partial charge in [-0.3, -0.25) is 4.90 Å². The number of nitrogens with two attached hydrogens (primary N) is 1. The summed E-state index contributed by atoms with van der Waals surface area (Å²) in [4.78, 5) is 2.56. The van der Waals surface area contributed by atoms with Crippen molar-refractivity contribution in [2.75, 3.05) is 39.1 Å². The molecule has 0 radical (unpaired) electrons. The van der Waals surface area contributed by atoms with E-state index in [-0.39, 0.29) is 0 Å². The first-order chi connectivity index (χ1) is 9.28. The van der Waals surface area contributed by atoms with Gasteiger partial charge in [0.25, 0.3) is 0 Å². The number of anilines is 1. The van der Waals surface area contributed by atoms with E-state index in [4.69, 9.17) is 15.2 Å². The van der Waals surface area contributed by atoms with Gasteiger partial charge in [0, 0.05) is 19.1 Å². The van der Waals surface area contributed by atoms with E-state index >= 15 is 0 Å². The van der Waals surface area contributed by atoms with Gasteiger partial charge in [-0.25, -0.2) is 0 Å². The van der Waals surface area contributed by atoms with Gasteiger partial charge in [-0.15, -0.1) is 0 Å². The third-order valence-electron chi connectivity index (χ3n) is 4.32. The highest BCUT2D eigenvalue weighted by molar-refractivity contribution is 5.57. The summed E-state index contributed by atoms with van der Waals surface area (Å²) in [6.07, 6.45) is 3.44. The molecule has 2 aliphatic rings. The first-order valence-electron chi connectivity index (χ1n) is 7.05. The van der Waals surface area contributed by atoms with E-state index in [0.29, 0.717) is 6.04 Å².